The highest BCUT2D eigenvalue weighted by Gasteiger charge is 2.34. The first-order valence-corrected chi connectivity index (χ1v) is 7.80. The van der Waals surface area contributed by atoms with Crippen LogP contribution in [0, 0.1) is 0 Å². The van der Waals surface area contributed by atoms with Crippen LogP contribution in [0.2, 0.25) is 0 Å². The number of aromatic hydroxyl groups is 1. The lowest BCUT2D eigenvalue weighted by molar-refractivity contribution is 0.0808. The summed E-state index contributed by atoms with van der Waals surface area (Å²) >= 11 is 0. The number of furan rings is 1. The number of phenolic OH excluding ortho intramolecular Hbond substituents is 1. The minimum atomic E-state index is -0.503. The van der Waals surface area contributed by atoms with E-state index >= 15 is 0 Å². The molecule has 0 radical (unpaired) electrons. The van der Waals surface area contributed by atoms with Crippen molar-refractivity contribution in [3.05, 3.63) is 53.0 Å². The van der Waals surface area contributed by atoms with E-state index in [0.717, 1.165) is 5.57 Å². The number of methoxy groups -OCH3 is 1. The molecule has 0 bridgehead atoms. The topological polar surface area (TPSA) is 68.9 Å². The third-order valence-electron chi connectivity index (χ3n) is 4.03. The minimum Gasteiger partial charge on any atom is -0.507 e. The van der Waals surface area contributed by atoms with E-state index in [4.69, 9.17) is 13.9 Å². The maximum absolute atomic E-state index is 12.7. The Morgan fingerprint density at radius 1 is 1.46 bits per heavy atom. The van der Waals surface area contributed by atoms with Crippen LogP contribution in [-0.4, -0.2) is 18.0 Å². The molecule has 1 aliphatic heterocycles. The largest absolute Gasteiger partial charge is 0.507 e. The number of rotatable bonds is 4. The zero-order valence-electron chi connectivity index (χ0n) is 14.0. The number of benzene rings is 1. The molecule has 0 amide bonds. The van der Waals surface area contributed by atoms with Crippen molar-refractivity contribution in [2.24, 2.45) is 0 Å². The summed E-state index contributed by atoms with van der Waals surface area (Å²) in [5.41, 5.74) is 2.08. The van der Waals surface area contributed by atoms with Crippen molar-refractivity contribution in [2.45, 2.75) is 32.8 Å². The van der Waals surface area contributed by atoms with Crippen molar-refractivity contribution in [3.8, 4) is 17.2 Å². The van der Waals surface area contributed by atoms with Gasteiger partial charge in [0.1, 0.15) is 28.6 Å². The molecule has 1 aliphatic rings. The van der Waals surface area contributed by atoms with Crippen LogP contribution in [0.15, 0.2) is 40.5 Å². The van der Waals surface area contributed by atoms with E-state index in [1.165, 1.54) is 13.2 Å². The van der Waals surface area contributed by atoms with Crippen LogP contribution in [0.4, 0.5) is 0 Å². The van der Waals surface area contributed by atoms with Crippen LogP contribution in [0.25, 0.3) is 0 Å². The van der Waals surface area contributed by atoms with Crippen molar-refractivity contribution < 1.29 is 23.8 Å². The molecule has 5 heteroatoms. The van der Waals surface area contributed by atoms with Crippen LogP contribution in [0.3, 0.4) is 0 Å². The molecule has 0 saturated heterocycles. The smallest absolute Gasteiger partial charge is 0.174 e. The van der Waals surface area contributed by atoms with Gasteiger partial charge in [0.15, 0.2) is 11.9 Å². The summed E-state index contributed by atoms with van der Waals surface area (Å²) < 4.78 is 16.7. The highest BCUT2D eigenvalue weighted by Crippen LogP contribution is 2.45. The molecular formula is C19H20O5. The Morgan fingerprint density at radius 3 is 2.88 bits per heavy atom. The number of hydrogen-bond acceptors (Lipinski definition) is 5. The molecule has 5 nitrogen and oxygen atoms in total. The second kappa shape index (κ2) is 6.43. The van der Waals surface area contributed by atoms with Crippen LogP contribution in [-0.2, 0) is 6.42 Å². The summed E-state index contributed by atoms with van der Waals surface area (Å²) in [7, 11) is 1.47. The van der Waals surface area contributed by atoms with Crippen molar-refractivity contribution in [2.75, 3.05) is 7.11 Å². The third kappa shape index (κ3) is 2.89. The molecule has 0 fully saturated rings. The summed E-state index contributed by atoms with van der Waals surface area (Å²) in [6, 6.07) is 5.01. The lowest BCUT2D eigenvalue weighted by Gasteiger charge is -2.27. The van der Waals surface area contributed by atoms with Gasteiger partial charge in [-0.2, -0.15) is 0 Å². The molecule has 1 unspecified atom stereocenters. The van der Waals surface area contributed by atoms with E-state index in [-0.39, 0.29) is 18.0 Å². The van der Waals surface area contributed by atoms with Crippen molar-refractivity contribution >= 4 is 5.78 Å². The second-order valence-electron chi connectivity index (χ2n) is 6.02. The van der Waals surface area contributed by atoms with Crippen LogP contribution in [0.5, 0.6) is 17.2 Å². The van der Waals surface area contributed by atoms with E-state index in [1.54, 1.807) is 18.4 Å². The summed E-state index contributed by atoms with van der Waals surface area (Å²) in [6.07, 6.45) is 3.66. The Morgan fingerprint density at radius 2 is 2.25 bits per heavy atom. The monoisotopic (exact) mass is 328 g/mol. The van der Waals surface area contributed by atoms with Crippen molar-refractivity contribution in [3.63, 3.8) is 0 Å². The summed E-state index contributed by atoms with van der Waals surface area (Å²) in [5, 5.41) is 10.4. The molecule has 3 rings (SSSR count). The fourth-order valence-electron chi connectivity index (χ4n) is 2.81. The average Bonchev–Trinajstić information content (AvgIpc) is 3.07. The molecule has 126 valence electrons. The van der Waals surface area contributed by atoms with Crippen LogP contribution >= 0.6 is 0 Å². The standard InChI is InChI=1S/C19H20O5/c1-11(2)6-7-12-13(20)9-17(22-3)18-14(21)10-16(24-19(12)18)15-5-4-8-23-15/h4-6,8-9,16,20H,7,10H2,1-3H3. The van der Waals surface area contributed by atoms with E-state index in [9.17, 15) is 9.90 Å². The van der Waals surface area contributed by atoms with Gasteiger partial charge in [0.25, 0.3) is 0 Å². The Labute approximate surface area is 140 Å². The van der Waals surface area contributed by atoms with Gasteiger partial charge in [-0.05, 0) is 32.4 Å². The molecule has 24 heavy (non-hydrogen) atoms. The Balaban J connectivity index is 2.11. The zero-order chi connectivity index (χ0) is 17.3. The summed E-state index contributed by atoms with van der Waals surface area (Å²) in [4.78, 5) is 12.7. The number of hydrogen-bond donors (Lipinski definition) is 1. The van der Waals surface area contributed by atoms with Crippen molar-refractivity contribution in [1.82, 2.24) is 0 Å². The van der Waals surface area contributed by atoms with Gasteiger partial charge in [-0.3, -0.25) is 4.79 Å². The predicted molar refractivity (Wildman–Crippen MR) is 88.8 cm³/mol. The molecular weight excluding hydrogens is 308 g/mol. The van der Waals surface area contributed by atoms with E-state index in [2.05, 4.69) is 0 Å². The van der Waals surface area contributed by atoms with Crippen LogP contribution in [0.1, 0.15) is 48.1 Å². The van der Waals surface area contributed by atoms with E-state index in [1.807, 2.05) is 19.9 Å². The minimum absolute atomic E-state index is 0.0518. The first-order valence-electron chi connectivity index (χ1n) is 7.80. The number of allylic oxidation sites excluding steroid dienone is 2. The number of carbonyl (C=O) groups is 1. The molecule has 0 spiro atoms. The summed E-state index contributed by atoms with van der Waals surface area (Å²) in [5.74, 6) is 1.25. The lowest BCUT2D eigenvalue weighted by atomic mass is 9.94. The summed E-state index contributed by atoms with van der Waals surface area (Å²) in [6.45, 7) is 3.95. The van der Waals surface area contributed by atoms with Crippen LogP contribution < -0.4 is 9.47 Å². The number of ketones is 1. The van der Waals surface area contributed by atoms with Gasteiger partial charge in [-0.25, -0.2) is 0 Å². The quantitative estimate of drug-likeness (QED) is 0.852. The number of Topliss-reactive ketones (excluding diaryl/α,β-unsaturated/α-hetero) is 1. The molecule has 1 aromatic heterocycles. The van der Waals surface area contributed by atoms with Gasteiger partial charge >= 0.3 is 0 Å². The predicted octanol–water partition coefficient (Wildman–Crippen LogP) is 4.21. The highest BCUT2D eigenvalue weighted by atomic mass is 16.5. The van der Waals surface area contributed by atoms with Gasteiger partial charge in [-0.15, -0.1) is 0 Å². The molecule has 0 saturated carbocycles. The number of carbonyl (C=O) groups excluding carboxylic acids is 1. The molecule has 1 N–H and O–H groups in total. The first-order chi connectivity index (χ1) is 11.5. The second-order valence-corrected chi connectivity index (χ2v) is 6.02. The Kier molecular flexibility index (Phi) is 4.34. The zero-order valence-corrected chi connectivity index (χ0v) is 14.0. The fraction of sp³-hybridized carbons (Fsp3) is 0.316. The molecule has 2 heterocycles. The van der Waals surface area contributed by atoms with Gasteiger partial charge in [0.05, 0.1) is 19.8 Å². The Hall–Kier alpha value is -2.69. The highest BCUT2D eigenvalue weighted by molar-refractivity contribution is 6.03. The molecule has 0 aliphatic carbocycles. The number of fused-ring (bicyclic) bond motifs is 1. The van der Waals surface area contributed by atoms with Gasteiger partial charge in [0.2, 0.25) is 0 Å². The molecule has 1 aromatic carbocycles. The maximum atomic E-state index is 12.7. The first kappa shape index (κ1) is 16.2. The normalized spacial score (nSPS) is 16.3. The maximum Gasteiger partial charge on any atom is 0.174 e. The van der Waals surface area contributed by atoms with Gasteiger partial charge in [-0.1, -0.05) is 11.6 Å². The Bertz CT molecular complexity index is 783. The average molecular weight is 328 g/mol. The molecule has 2 aromatic rings. The van der Waals surface area contributed by atoms with Crippen molar-refractivity contribution in [1.29, 1.82) is 0 Å². The fourth-order valence-corrected chi connectivity index (χ4v) is 2.81. The van der Waals surface area contributed by atoms with E-state index < -0.39 is 6.10 Å². The van der Waals surface area contributed by atoms with E-state index in [0.29, 0.717) is 34.8 Å². The van der Waals surface area contributed by atoms with Gasteiger partial charge in [0, 0.05) is 11.6 Å². The SMILES string of the molecule is COc1cc(O)c(CC=C(C)C)c2c1C(=O)CC(c1ccco1)O2. The van der Waals surface area contributed by atoms with Gasteiger partial charge < -0.3 is 19.0 Å². The number of ether oxygens (including phenoxy) is 2. The molecule has 1 atom stereocenters. The number of phenols is 1. The third-order valence-corrected chi connectivity index (χ3v) is 4.03. The lowest BCUT2D eigenvalue weighted by Crippen LogP contribution is -2.22.